The normalized spacial score (nSPS) is 21.2. The van der Waals surface area contributed by atoms with Crippen molar-refractivity contribution >= 4 is 11.9 Å². The third kappa shape index (κ3) is 4.86. The number of ether oxygens (including phenoxy) is 1. The Kier molecular flexibility index (Phi) is 5.33. The molecule has 0 unspecified atom stereocenters. The van der Waals surface area contributed by atoms with Crippen LogP contribution in [0.3, 0.4) is 0 Å². The molecule has 21 heavy (non-hydrogen) atoms. The lowest BCUT2D eigenvalue weighted by atomic mass is 10.1. The van der Waals surface area contributed by atoms with Crippen LogP contribution in [-0.4, -0.2) is 29.2 Å². The summed E-state index contributed by atoms with van der Waals surface area (Å²) in [5.74, 6) is -0.991. The van der Waals surface area contributed by atoms with Crippen LogP contribution in [0.2, 0.25) is 0 Å². The van der Waals surface area contributed by atoms with Crippen molar-refractivity contribution in [1.29, 1.82) is 0 Å². The molecule has 1 aliphatic heterocycles. The molecule has 1 aromatic carbocycles. The van der Waals surface area contributed by atoms with Gasteiger partial charge in [-0.25, -0.2) is 4.79 Å². The van der Waals surface area contributed by atoms with E-state index in [1.165, 1.54) is 6.07 Å². The summed E-state index contributed by atoms with van der Waals surface area (Å²) < 4.78 is 5.67. The zero-order valence-corrected chi connectivity index (χ0v) is 12.2. The van der Waals surface area contributed by atoms with Gasteiger partial charge in [-0.15, -0.1) is 0 Å². The quantitative estimate of drug-likeness (QED) is 0.843. The molecule has 0 radical (unpaired) electrons. The number of hydrogen-bond acceptors (Lipinski definition) is 3. The number of carbonyl (C=O) groups is 2. The van der Waals surface area contributed by atoms with E-state index in [0.29, 0.717) is 19.1 Å². The van der Waals surface area contributed by atoms with Crippen molar-refractivity contribution in [2.24, 2.45) is 0 Å². The van der Waals surface area contributed by atoms with Gasteiger partial charge in [0.2, 0.25) is 5.91 Å². The standard InChI is InChI=1S/C16H21NO4/c1-11-5-6-14(21-11)7-8-15(18)17-10-12-3-2-4-13(9-12)16(19)20/h2-4,9,11,14H,5-8,10H2,1H3,(H,17,18)(H,19,20)/t11-,14+/m0/s1. The molecule has 1 saturated heterocycles. The number of carboxylic acids is 1. The van der Waals surface area contributed by atoms with E-state index in [-0.39, 0.29) is 17.6 Å². The molecular weight excluding hydrogens is 270 g/mol. The molecule has 1 heterocycles. The van der Waals surface area contributed by atoms with E-state index in [4.69, 9.17) is 9.84 Å². The fraction of sp³-hybridized carbons (Fsp3) is 0.500. The maximum Gasteiger partial charge on any atom is 0.335 e. The van der Waals surface area contributed by atoms with Gasteiger partial charge in [0, 0.05) is 13.0 Å². The van der Waals surface area contributed by atoms with Crippen molar-refractivity contribution in [3.63, 3.8) is 0 Å². The van der Waals surface area contributed by atoms with Crippen LogP contribution in [0.1, 0.15) is 48.5 Å². The van der Waals surface area contributed by atoms with Crippen molar-refractivity contribution in [1.82, 2.24) is 5.32 Å². The largest absolute Gasteiger partial charge is 0.478 e. The lowest BCUT2D eigenvalue weighted by Gasteiger charge is -2.11. The third-order valence-electron chi connectivity index (χ3n) is 3.68. The second-order valence-electron chi connectivity index (χ2n) is 5.47. The van der Waals surface area contributed by atoms with Crippen LogP contribution in [-0.2, 0) is 16.1 Å². The zero-order chi connectivity index (χ0) is 15.2. The number of rotatable bonds is 6. The number of benzene rings is 1. The lowest BCUT2D eigenvalue weighted by Crippen LogP contribution is -2.24. The minimum Gasteiger partial charge on any atom is -0.478 e. The Morgan fingerprint density at radius 2 is 2.19 bits per heavy atom. The molecule has 1 amide bonds. The zero-order valence-electron chi connectivity index (χ0n) is 12.2. The summed E-state index contributed by atoms with van der Waals surface area (Å²) in [6.07, 6.45) is 3.77. The maximum absolute atomic E-state index is 11.8. The van der Waals surface area contributed by atoms with E-state index in [0.717, 1.165) is 24.8 Å². The van der Waals surface area contributed by atoms with Crippen molar-refractivity contribution in [3.8, 4) is 0 Å². The van der Waals surface area contributed by atoms with Gasteiger partial charge in [-0.3, -0.25) is 4.79 Å². The second-order valence-corrected chi connectivity index (χ2v) is 5.47. The number of carbonyl (C=O) groups excluding carboxylic acids is 1. The van der Waals surface area contributed by atoms with Crippen LogP contribution in [0.25, 0.3) is 0 Å². The summed E-state index contributed by atoms with van der Waals surface area (Å²) in [6, 6.07) is 6.59. The van der Waals surface area contributed by atoms with Gasteiger partial charge in [0.25, 0.3) is 0 Å². The fourth-order valence-corrected chi connectivity index (χ4v) is 2.49. The first-order chi connectivity index (χ1) is 10.0. The molecule has 5 nitrogen and oxygen atoms in total. The third-order valence-corrected chi connectivity index (χ3v) is 3.68. The van der Waals surface area contributed by atoms with E-state index >= 15 is 0 Å². The molecule has 1 aromatic rings. The van der Waals surface area contributed by atoms with Crippen molar-refractivity contribution in [2.75, 3.05) is 0 Å². The molecular formula is C16H21NO4. The molecule has 114 valence electrons. The Bertz CT molecular complexity index is 515. The molecule has 0 saturated carbocycles. The van der Waals surface area contributed by atoms with Crippen LogP contribution in [0.4, 0.5) is 0 Å². The van der Waals surface area contributed by atoms with Gasteiger partial charge in [0.05, 0.1) is 17.8 Å². The lowest BCUT2D eigenvalue weighted by molar-refractivity contribution is -0.122. The Morgan fingerprint density at radius 3 is 2.86 bits per heavy atom. The predicted octanol–water partition coefficient (Wildman–Crippen LogP) is 2.35. The van der Waals surface area contributed by atoms with Gasteiger partial charge in [-0.1, -0.05) is 12.1 Å². The highest BCUT2D eigenvalue weighted by Gasteiger charge is 2.22. The van der Waals surface area contributed by atoms with Crippen LogP contribution in [0.5, 0.6) is 0 Å². The summed E-state index contributed by atoms with van der Waals surface area (Å²) in [5.41, 5.74) is 1.02. The average Bonchev–Trinajstić information content (AvgIpc) is 2.89. The maximum atomic E-state index is 11.8. The van der Waals surface area contributed by atoms with Crippen molar-refractivity contribution in [3.05, 3.63) is 35.4 Å². The van der Waals surface area contributed by atoms with Gasteiger partial charge in [-0.05, 0) is 43.9 Å². The van der Waals surface area contributed by atoms with E-state index in [9.17, 15) is 9.59 Å². The number of amides is 1. The van der Waals surface area contributed by atoms with E-state index in [1.54, 1.807) is 18.2 Å². The summed E-state index contributed by atoms with van der Waals surface area (Å²) in [4.78, 5) is 22.7. The highest BCUT2D eigenvalue weighted by molar-refractivity contribution is 5.87. The predicted molar refractivity (Wildman–Crippen MR) is 78.1 cm³/mol. The SMILES string of the molecule is C[C@H]1CC[C@H](CCC(=O)NCc2cccc(C(=O)O)c2)O1. The monoisotopic (exact) mass is 291 g/mol. The molecule has 2 N–H and O–H groups in total. The van der Waals surface area contributed by atoms with E-state index < -0.39 is 5.97 Å². The number of nitrogens with one attached hydrogen (secondary N) is 1. The fourth-order valence-electron chi connectivity index (χ4n) is 2.49. The summed E-state index contributed by atoms with van der Waals surface area (Å²) in [7, 11) is 0. The molecule has 5 heteroatoms. The minimum atomic E-state index is -0.962. The van der Waals surface area contributed by atoms with Gasteiger partial charge >= 0.3 is 5.97 Å². The first-order valence-electron chi connectivity index (χ1n) is 7.29. The molecule has 2 atom stereocenters. The van der Waals surface area contributed by atoms with Gasteiger partial charge in [0.1, 0.15) is 0 Å². The summed E-state index contributed by atoms with van der Waals surface area (Å²) in [6.45, 7) is 2.40. The summed E-state index contributed by atoms with van der Waals surface area (Å²) in [5, 5.41) is 11.7. The first kappa shape index (κ1) is 15.5. The number of hydrogen-bond donors (Lipinski definition) is 2. The highest BCUT2D eigenvalue weighted by atomic mass is 16.5. The van der Waals surface area contributed by atoms with Gasteiger partial charge in [0.15, 0.2) is 0 Å². The topological polar surface area (TPSA) is 75.6 Å². The smallest absolute Gasteiger partial charge is 0.335 e. The van der Waals surface area contributed by atoms with Crippen molar-refractivity contribution in [2.45, 2.75) is 51.4 Å². The van der Waals surface area contributed by atoms with Gasteiger partial charge < -0.3 is 15.2 Å². The Morgan fingerprint density at radius 1 is 1.38 bits per heavy atom. The molecule has 0 bridgehead atoms. The first-order valence-corrected chi connectivity index (χ1v) is 7.29. The summed E-state index contributed by atoms with van der Waals surface area (Å²) >= 11 is 0. The van der Waals surface area contributed by atoms with E-state index in [2.05, 4.69) is 12.2 Å². The van der Waals surface area contributed by atoms with Crippen molar-refractivity contribution < 1.29 is 19.4 Å². The van der Waals surface area contributed by atoms with Crippen LogP contribution in [0.15, 0.2) is 24.3 Å². The average molecular weight is 291 g/mol. The molecule has 2 rings (SSSR count). The Balaban J connectivity index is 1.73. The van der Waals surface area contributed by atoms with E-state index in [1.807, 2.05) is 0 Å². The molecule has 0 aromatic heterocycles. The van der Waals surface area contributed by atoms with Crippen LogP contribution >= 0.6 is 0 Å². The Labute approximate surface area is 124 Å². The second kappa shape index (κ2) is 7.22. The highest BCUT2D eigenvalue weighted by Crippen LogP contribution is 2.22. The minimum absolute atomic E-state index is 0.0288. The van der Waals surface area contributed by atoms with Gasteiger partial charge in [-0.2, -0.15) is 0 Å². The number of aromatic carboxylic acids is 1. The molecule has 1 aliphatic rings. The molecule has 0 spiro atoms. The van der Waals surface area contributed by atoms with Crippen LogP contribution in [0, 0.1) is 0 Å². The van der Waals surface area contributed by atoms with Crippen LogP contribution < -0.4 is 5.32 Å². The Hall–Kier alpha value is -1.88. The number of carboxylic acid groups (broad SMARTS) is 1. The molecule has 0 aliphatic carbocycles. The molecule has 1 fully saturated rings.